The first kappa shape index (κ1) is 19.1. The van der Waals surface area contributed by atoms with Gasteiger partial charge in [0.15, 0.2) is 0 Å². The van der Waals surface area contributed by atoms with Gasteiger partial charge in [-0.15, -0.1) is 0 Å². The third-order valence-corrected chi connectivity index (χ3v) is 9.87. The second-order valence-electron chi connectivity index (χ2n) is 11.0. The molecular weight excluding hydrogens is 368 g/mol. The minimum Gasteiger partial charge on any atom is -0.481 e. The van der Waals surface area contributed by atoms with Gasteiger partial charge in [-0.05, 0) is 97.7 Å². The topological polar surface area (TPSA) is 98.0 Å². The van der Waals surface area contributed by atoms with Gasteiger partial charge in [-0.2, -0.15) is 0 Å². The van der Waals surface area contributed by atoms with Crippen molar-refractivity contribution < 1.29 is 28.0 Å². The average molecular weight is 413 g/mol. The van der Waals surface area contributed by atoms with E-state index in [2.05, 4.69) is 20.8 Å². The van der Waals surface area contributed by atoms with Crippen molar-refractivity contribution >= 4 is 5.97 Å². The molecule has 4 rings (SSSR count). The first-order valence-corrected chi connectivity index (χ1v) is 11.5. The SMILES string of the molecule is [3H]C1C[C@@]2(C)[C@H](C[C@@H](O)[C@@H]3[C@@H]2C[C@H](O)[C@]2(C)[C@@H]([C@H](C)CCC(=O)O)CC[C@@H]32)C([3H])[C@@H]1O. The Bertz CT molecular complexity index is 705. The Morgan fingerprint density at radius 3 is 2.59 bits per heavy atom. The minimum absolute atomic E-state index is 0.0287. The van der Waals surface area contributed by atoms with Crippen LogP contribution in [0.4, 0.5) is 0 Å². The van der Waals surface area contributed by atoms with E-state index >= 15 is 0 Å². The summed E-state index contributed by atoms with van der Waals surface area (Å²) in [4.78, 5) is 11.1. The van der Waals surface area contributed by atoms with Gasteiger partial charge in [0.05, 0.1) is 18.3 Å². The highest BCUT2D eigenvalue weighted by atomic mass is 16.4. The molecule has 166 valence electrons. The fraction of sp³-hybridized carbons (Fsp3) is 0.958. The van der Waals surface area contributed by atoms with E-state index in [0.29, 0.717) is 25.7 Å². The Balaban J connectivity index is 1.64. The summed E-state index contributed by atoms with van der Waals surface area (Å²) >= 11 is 0. The maximum atomic E-state index is 11.5. The molecule has 0 aromatic heterocycles. The molecule has 4 N–H and O–H groups in total. The maximum absolute atomic E-state index is 11.5. The normalized spacial score (nSPS) is 59.0. The van der Waals surface area contributed by atoms with E-state index in [1.54, 1.807) is 0 Å². The van der Waals surface area contributed by atoms with Gasteiger partial charge < -0.3 is 20.4 Å². The smallest absolute Gasteiger partial charge is 0.303 e. The lowest BCUT2D eigenvalue weighted by Crippen LogP contribution is -2.62. The Hall–Kier alpha value is -0.650. The first-order valence-electron chi connectivity index (χ1n) is 12.7. The van der Waals surface area contributed by atoms with Crippen molar-refractivity contribution in [2.45, 2.75) is 96.8 Å². The summed E-state index contributed by atoms with van der Waals surface area (Å²) in [5.41, 5.74) is -0.685. The van der Waals surface area contributed by atoms with Crippen LogP contribution < -0.4 is 0 Å². The molecule has 0 aromatic rings. The first-order chi connectivity index (χ1) is 14.4. The van der Waals surface area contributed by atoms with Gasteiger partial charge in [0.25, 0.3) is 0 Å². The average Bonchev–Trinajstić information content (AvgIpc) is 3.05. The van der Waals surface area contributed by atoms with E-state index < -0.39 is 37.1 Å². The standard InChI is InChI=1S/C24H40O5/c1-13(4-7-21(28)29)16-5-6-17-22-18(12-20(27)24(16,17)3)23(2)9-8-15(25)10-14(23)11-19(22)26/h13-20,22,25-27H,4-12H2,1-3H3,(H,28,29)/t13-,14+,15-,16-,17+,18+,19-,20+,22+,23+,24-/m1/s1/i8T,10T/t8?,10?,13-,14+,15-,16-,17+,18+,19-,20+,22+,23+,24-. The van der Waals surface area contributed by atoms with Crippen LogP contribution in [0.15, 0.2) is 0 Å². The summed E-state index contributed by atoms with van der Waals surface area (Å²) in [6, 6.07) is 0. The molecule has 13 atom stereocenters. The molecule has 0 bridgehead atoms. The fourth-order valence-electron chi connectivity index (χ4n) is 8.24. The monoisotopic (exact) mass is 412 g/mol. The molecule has 0 saturated heterocycles. The predicted molar refractivity (Wildman–Crippen MR) is 110 cm³/mol. The highest BCUT2D eigenvalue weighted by Gasteiger charge is 2.65. The van der Waals surface area contributed by atoms with Gasteiger partial charge in [-0.3, -0.25) is 4.79 Å². The number of rotatable bonds is 4. The number of carboxylic acids is 1. The zero-order valence-electron chi connectivity index (χ0n) is 20.0. The lowest BCUT2D eigenvalue weighted by Gasteiger charge is -2.63. The number of carbonyl (C=O) groups is 1. The maximum Gasteiger partial charge on any atom is 0.303 e. The number of aliphatic hydroxyl groups is 3. The van der Waals surface area contributed by atoms with E-state index in [1.165, 1.54) is 0 Å². The number of hydrogen-bond donors (Lipinski definition) is 4. The fourth-order valence-corrected chi connectivity index (χ4v) is 8.24. The molecule has 4 fully saturated rings. The summed E-state index contributed by atoms with van der Waals surface area (Å²) in [7, 11) is 0. The van der Waals surface area contributed by atoms with Crippen LogP contribution in [-0.2, 0) is 4.79 Å². The van der Waals surface area contributed by atoms with Crippen LogP contribution in [0.1, 0.15) is 81.3 Å². The quantitative estimate of drug-likeness (QED) is 0.567. The molecule has 0 amide bonds. The van der Waals surface area contributed by atoms with Crippen LogP contribution in [0.3, 0.4) is 0 Å². The molecule has 0 spiro atoms. The molecule has 0 aromatic carbocycles. The minimum atomic E-state index is -0.980. The number of aliphatic carboxylic acids is 1. The zero-order chi connectivity index (χ0) is 22.9. The molecule has 4 saturated carbocycles. The number of fused-ring (bicyclic) bond motifs is 5. The van der Waals surface area contributed by atoms with Crippen molar-refractivity contribution in [3.63, 3.8) is 0 Å². The highest BCUT2D eigenvalue weighted by molar-refractivity contribution is 5.66. The van der Waals surface area contributed by atoms with Crippen LogP contribution in [0.25, 0.3) is 0 Å². The van der Waals surface area contributed by atoms with Crippen LogP contribution in [0, 0.1) is 46.3 Å². The zero-order valence-corrected chi connectivity index (χ0v) is 18.0. The largest absolute Gasteiger partial charge is 0.481 e. The summed E-state index contributed by atoms with van der Waals surface area (Å²) in [5, 5.41) is 42.3. The molecule has 0 radical (unpaired) electrons. The van der Waals surface area contributed by atoms with Crippen LogP contribution >= 0.6 is 0 Å². The highest BCUT2D eigenvalue weighted by Crippen LogP contribution is 2.68. The Morgan fingerprint density at radius 2 is 1.90 bits per heavy atom. The number of aliphatic hydroxyl groups excluding tert-OH is 3. The summed E-state index contributed by atoms with van der Waals surface area (Å²) < 4.78 is 16.9. The van der Waals surface area contributed by atoms with Gasteiger partial charge >= 0.3 is 5.97 Å². The number of hydrogen-bond acceptors (Lipinski definition) is 4. The molecule has 0 heterocycles. The van der Waals surface area contributed by atoms with Crippen molar-refractivity contribution in [3.8, 4) is 0 Å². The molecular formula is C24H40O5. The van der Waals surface area contributed by atoms with Crippen molar-refractivity contribution in [2.24, 2.45) is 46.3 Å². The van der Waals surface area contributed by atoms with Gasteiger partial charge in [-0.1, -0.05) is 20.8 Å². The van der Waals surface area contributed by atoms with Gasteiger partial charge in [0.2, 0.25) is 0 Å². The van der Waals surface area contributed by atoms with E-state index in [0.717, 1.165) is 12.8 Å². The lowest BCUT2D eigenvalue weighted by atomic mass is 9.43. The Kier molecular flexibility index (Phi) is 4.92. The second-order valence-corrected chi connectivity index (χ2v) is 11.0. The van der Waals surface area contributed by atoms with E-state index in [-0.39, 0.29) is 52.8 Å². The van der Waals surface area contributed by atoms with Crippen molar-refractivity contribution in [2.75, 3.05) is 0 Å². The van der Waals surface area contributed by atoms with Crippen molar-refractivity contribution in [1.82, 2.24) is 0 Å². The summed E-state index contributed by atoms with van der Waals surface area (Å²) in [6.07, 6.45) is 0.608. The molecule has 4 aliphatic carbocycles. The van der Waals surface area contributed by atoms with E-state index in [1.807, 2.05) is 0 Å². The van der Waals surface area contributed by atoms with Gasteiger partial charge in [0, 0.05) is 9.16 Å². The second kappa shape index (κ2) is 7.49. The predicted octanol–water partition coefficient (Wildman–Crippen LogP) is 3.45. The molecule has 4 aliphatic rings. The Labute approximate surface area is 177 Å². The molecule has 0 aliphatic heterocycles. The third-order valence-electron chi connectivity index (χ3n) is 9.87. The summed E-state index contributed by atoms with van der Waals surface area (Å²) in [6.45, 7) is 6.39. The van der Waals surface area contributed by atoms with Crippen molar-refractivity contribution in [1.29, 1.82) is 0 Å². The Morgan fingerprint density at radius 1 is 1.17 bits per heavy atom. The van der Waals surface area contributed by atoms with E-state index in [9.17, 15) is 20.1 Å². The third kappa shape index (κ3) is 3.27. The summed E-state index contributed by atoms with van der Waals surface area (Å²) in [5.74, 6) is -0.300. The van der Waals surface area contributed by atoms with Gasteiger partial charge in [-0.25, -0.2) is 0 Å². The molecule has 2 unspecified atom stereocenters. The number of carboxylic acid groups (broad SMARTS) is 1. The lowest BCUT2D eigenvalue weighted by molar-refractivity contribution is -0.207. The molecule has 29 heavy (non-hydrogen) atoms. The molecule has 5 heteroatoms. The van der Waals surface area contributed by atoms with E-state index in [4.69, 9.17) is 7.85 Å². The van der Waals surface area contributed by atoms with Gasteiger partial charge in [0.1, 0.15) is 0 Å². The van der Waals surface area contributed by atoms with Crippen molar-refractivity contribution in [3.05, 3.63) is 0 Å². The molecule has 5 nitrogen and oxygen atoms in total. The van der Waals surface area contributed by atoms with Crippen LogP contribution in [0.5, 0.6) is 0 Å². The van der Waals surface area contributed by atoms with Crippen LogP contribution in [0.2, 0.25) is 0 Å². The van der Waals surface area contributed by atoms with Crippen LogP contribution in [-0.4, -0.2) is 44.7 Å².